The highest BCUT2D eigenvalue weighted by Crippen LogP contribution is 2.33. The molecule has 0 radical (unpaired) electrons. The monoisotopic (exact) mass is 377 g/mol. The van der Waals surface area contributed by atoms with E-state index < -0.39 is 6.10 Å². The van der Waals surface area contributed by atoms with E-state index in [1.807, 2.05) is 42.5 Å². The Labute approximate surface area is 161 Å². The van der Waals surface area contributed by atoms with Crippen LogP contribution in [0.15, 0.2) is 61.2 Å². The molecule has 0 saturated heterocycles. The van der Waals surface area contributed by atoms with E-state index in [0.29, 0.717) is 17.1 Å². The van der Waals surface area contributed by atoms with Crippen LogP contribution in [0, 0.1) is 0 Å². The van der Waals surface area contributed by atoms with Crippen LogP contribution >= 0.6 is 0 Å². The van der Waals surface area contributed by atoms with Crippen molar-refractivity contribution in [1.82, 2.24) is 14.8 Å². The topological polar surface area (TPSA) is 89.3 Å². The largest absolute Gasteiger partial charge is 0.479 e. The molecule has 0 saturated carbocycles. The van der Waals surface area contributed by atoms with Crippen LogP contribution in [0.3, 0.4) is 0 Å². The van der Waals surface area contributed by atoms with E-state index in [0.717, 1.165) is 5.69 Å². The van der Waals surface area contributed by atoms with Crippen LogP contribution in [0.25, 0.3) is 5.69 Å². The van der Waals surface area contributed by atoms with Crippen molar-refractivity contribution in [2.45, 2.75) is 19.4 Å². The number of para-hydroxylation sites is 4. The molecule has 0 bridgehead atoms. The highest BCUT2D eigenvalue weighted by atomic mass is 16.5. The predicted molar refractivity (Wildman–Crippen MR) is 103 cm³/mol. The van der Waals surface area contributed by atoms with Gasteiger partial charge in [-0.1, -0.05) is 24.3 Å². The molecule has 3 aromatic rings. The molecule has 28 heavy (non-hydrogen) atoms. The SMILES string of the molecule is CC1Oc2ccccc2N(CCC(=O)Nc2ccccc2-n2cncn2)C1=O. The Morgan fingerprint density at radius 2 is 1.89 bits per heavy atom. The predicted octanol–water partition coefficient (Wildman–Crippen LogP) is 2.41. The van der Waals surface area contributed by atoms with Gasteiger partial charge in [0.15, 0.2) is 6.10 Å². The molecule has 1 aliphatic rings. The number of ether oxygens (including phenoxy) is 1. The Hall–Kier alpha value is -3.68. The van der Waals surface area contributed by atoms with E-state index in [1.54, 1.807) is 28.9 Å². The Kier molecular flexibility index (Phi) is 4.76. The first-order valence-electron chi connectivity index (χ1n) is 8.94. The second-order valence-electron chi connectivity index (χ2n) is 6.37. The summed E-state index contributed by atoms with van der Waals surface area (Å²) in [6.07, 6.45) is 2.57. The lowest BCUT2D eigenvalue weighted by molar-refractivity contribution is -0.125. The first-order valence-corrected chi connectivity index (χ1v) is 8.94. The first kappa shape index (κ1) is 17.7. The third-order valence-electron chi connectivity index (χ3n) is 4.48. The Morgan fingerprint density at radius 3 is 2.68 bits per heavy atom. The lowest BCUT2D eigenvalue weighted by atomic mass is 10.1. The molecule has 0 spiro atoms. The number of carbonyl (C=O) groups is 2. The Balaban J connectivity index is 1.47. The molecule has 1 N–H and O–H groups in total. The zero-order valence-electron chi connectivity index (χ0n) is 15.3. The van der Waals surface area contributed by atoms with Crippen molar-refractivity contribution in [2.24, 2.45) is 0 Å². The summed E-state index contributed by atoms with van der Waals surface area (Å²) in [5, 5.41) is 7.00. The van der Waals surface area contributed by atoms with Gasteiger partial charge in [0, 0.05) is 13.0 Å². The second-order valence-corrected chi connectivity index (χ2v) is 6.37. The third kappa shape index (κ3) is 3.44. The van der Waals surface area contributed by atoms with E-state index in [-0.39, 0.29) is 24.8 Å². The van der Waals surface area contributed by atoms with Crippen LogP contribution in [0.1, 0.15) is 13.3 Å². The fourth-order valence-electron chi connectivity index (χ4n) is 3.13. The molecule has 1 aliphatic heterocycles. The summed E-state index contributed by atoms with van der Waals surface area (Å²) >= 11 is 0. The van der Waals surface area contributed by atoms with Gasteiger partial charge in [0.2, 0.25) is 5.91 Å². The van der Waals surface area contributed by atoms with E-state index in [2.05, 4.69) is 15.4 Å². The van der Waals surface area contributed by atoms with Crippen LogP contribution in [0.5, 0.6) is 5.75 Å². The van der Waals surface area contributed by atoms with Crippen LogP contribution in [0.2, 0.25) is 0 Å². The maximum absolute atomic E-state index is 12.6. The lowest BCUT2D eigenvalue weighted by Gasteiger charge is -2.32. The van der Waals surface area contributed by atoms with Gasteiger partial charge in [0.05, 0.1) is 17.1 Å². The molecule has 8 heteroatoms. The van der Waals surface area contributed by atoms with Gasteiger partial charge in [0.1, 0.15) is 18.4 Å². The molecule has 0 aliphatic carbocycles. The third-order valence-corrected chi connectivity index (χ3v) is 4.48. The van der Waals surface area contributed by atoms with Crippen molar-refractivity contribution in [2.75, 3.05) is 16.8 Å². The molecule has 2 aromatic carbocycles. The van der Waals surface area contributed by atoms with Gasteiger partial charge in [-0.2, -0.15) is 5.10 Å². The van der Waals surface area contributed by atoms with Crippen LogP contribution in [0.4, 0.5) is 11.4 Å². The highest BCUT2D eigenvalue weighted by molar-refractivity contribution is 6.01. The lowest BCUT2D eigenvalue weighted by Crippen LogP contribution is -2.45. The molecular formula is C20H19N5O3. The summed E-state index contributed by atoms with van der Waals surface area (Å²) in [7, 11) is 0. The average Bonchev–Trinajstić information content (AvgIpc) is 3.23. The first-order chi connectivity index (χ1) is 13.6. The average molecular weight is 377 g/mol. The molecular weight excluding hydrogens is 358 g/mol. The summed E-state index contributed by atoms with van der Waals surface area (Å²) in [5.74, 6) is 0.290. The minimum atomic E-state index is -0.578. The normalized spacial score (nSPS) is 15.7. The number of hydrogen-bond acceptors (Lipinski definition) is 5. The number of carbonyl (C=O) groups excluding carboxylic acids is 2. The van der Waals surface area contributed by atoms with E-state index >= 15 is 0 Å². The van der Waals surface area contributed by atoms with E-state index in [9.17, 15) is 9.59 Å². The molecule has 4 rings (SSSR count). The fourth-order valence-corrected chi connectivity index (χ4v) is 3.13. The number of aromatic nitrogens is 3. The number of anilines is 2. The van der Waals surface area contributed by atoms with Crippen molar-refractivity contribution in [3.63, 3.8) is 0 Å². The van der Waals surface area contributed by atoms with Gasteiger partial charge >= 0.3 is 0 Å². The smallest absolute Gasteiger partial charge is 0.267 e. The number of nitrogens with one attached hydrogen (secondary N) is 1. The van der Waals surface area contributed by atoms with Gasteiger partial charge < -0.3 is 15.0 Å². The maximum Gasteiger partial charge on any atom is 0.267 e. The summed E-state index contributed by atoms with van der Waals surface area (Å²) in [4.78, 5) is 30.6. The summed E-state index contributed by atoms with van der Waals surface area (Å²) in [6.45, 7) is 1.97. The standard InChI is InChI=1S/C20H19N5O3/c1-14-20(27)24(17-8-4-5-9-18(17)28-14)11-10-19(26)23-15-6-2-3-7-16(15)25-13-21-12-22-25/h2-9,12-14H,10-11H2,1H3,(H,23,26). The molecule has 0 fully saturated rings. The van der Waals surface area contributed by atoms with Gasteiger partial charge in [-0.25, -0.2) is 9.67 Å². The minimum Gasteiger partial charge on any atom is -0.479 e. The van der Waals surface area contributed by atoms with Crippen molar-refractivity contribution >= 4 is 23.2 Å². The fraction of sp³-hybridized carbons (Fsp3) is 0.200. The van der Waals surface area contributed by atoms with Crippen molar-refractivity contribution in [3.05, 3.63) is 61.2 Å². The maximum atomic E-state index is 12.6. The molecule has 142 valence electrons. The van der Waals surface area contributed by atoms with Gasteiger partial charge in [0.25, 0.3) is 5.91 Å². The number of benzene rings is 2. The van der Waals surface area contributed by atoms with Crippen molar-refractivity contribution in [1.29, 1.82) is 0 Å². The van der Waals surface area contributed by atoms with Gasteiger partial charge in [-0.3, -0.25) is 9.59 Å². The number of nitrogens with zero attached hydrogens (tertiary/aromatic N) is 4. The molecule has 1 atom stereocenters. The zero-order chi connectivity index (χ0) is 19.5. The molecule has 2 heterocycles. The minimum absolute atomic E-state index is 0.151. The van der Waals surface area contributed by atoms with Crippen molar-refractivity contribution in [3.8, 4) is 11.4 Å². The zero-order valence-corrected chi connectivity index (χ0v) is 15.3. The summed E-state index contributed by atoms with van der Waals surface area (Å²) < 4.78 is 7.21. The van der Waals surface area contributed by atoms with E-state index in [1.165, 1.54) is 6.33 Å². The van der Waals surface area contributed by atoms with Crippen molar-refractivity contribution < 1.29 is 14.3 Å². The number of rotatable bonds is 5. The number of fused-ring (bicyclic) bond motifs is 1. The summed E-state index contributed by atoms with van der Waals surface area (Å²) in [5.41, 5.74) is 2.02. The van der Waals surface area contributed by atoms with Crippen LogP contribution in [-0.4, -0.2) is 39.2 Å². The number of amides is 2. The van der Waals surface area contributed by atoms with Crippen LogP contribution < -0.4 is 15.0 Å². The van der Waals surface area contributed by atoms with Gasteiger partial charge in [-0.05, 0) is 31.2 Å². The highest BCUT2D eigenvalue weighted by Gasteiger charge is 2.31. The quantitative estimate of drug-likeness (QED) is 0.738. The molecule has 2 amide bonds. The van der Waals surface area contributed by atoms with Crippen LogP contribution in [-0.2, 0) is 9.59 Å². The molecule has 1 unspecified atom stereocenters. The molecule has 1 aromatic heterocycles. The second kappa shape index (κ2) is 7.51. The molecule has 8 nitrogen and oxygen atoms in total. The Bertz CT molecular complexity index is 1000. The number of hydrogen-bond donors (Lipinski definition) is 1. The van der Waals surface area contributed by atoms with E-state index in [4.69, 9.17) is 4.74 Å². The Morgan fingerprint density at radius 1 is 1.14 bits per heavy atom. The van der Waals surface area contributed by atoms with Gasteiger partial charge in [-0.15, -0.1) is 0 Å². The summed E-state index contributed by atoms with van der Waals surface area (Å²) in [6, 6.07) is 14.7.